The molecule has 0 spiro atoms. The van der Waals surface area contributed by atoms with Crippen LogP contribution in [0.2, 0.25) is 0 Å². The van der Waals surface area contributed by atoms with Crippen LogP contribution in [0.25, 0.3) is 10.2 Å². The zero-order valence-corrected chi connectivity index (χ0v) is 18.5. The maximum absolute atomic E-state index is 13.6. The van der Waals surface area contributed by atoms with E-state index in [0.29, 0.717) is 10.7 Å². The van der Waals surface area contributed by atoms with Gasteiger partial charge in [-0.25, -0.2) is 4.98 Å². The highest BCUT2D eigenvalue weighted by Gasteiger charge is 2.43. The topological polar surface area (TPSA) is 71.5 Å². The van der Waals surface area contributed by atoms with Crippen molar-refractivity contribution in [3.63, 3.8) is 0 Å². The van der Waals surface area contributed by atoms with Crippen molar-refractivity contribution < 1.29 is 14.3 Å². The lowest BCUT2D eigenvalue weighted by Crippen LogP contribution is -2.43. The van der Waals surface area contributed by atoms with Gasteiger partial charge >= 0.3 is 0 Å². The molecule has 0 aliphatic carbocycles. The highest BCUT2D eigenvalue weighted by atomic mass is 32.1. The summed E-state index contributed by atoms with van der Waals surface area (Å²) in [5.41, 5.74) is 2.10. The predicted octanol–water partition coefficient (Wildman–Crippen LogP) is 4.92. The molecule has 4 aromatic rings. The summed E-state index contributed by atoms with van der Waals surface area (Å²) >= 11 is 2.94. The molecule has 0 unspecified atom stereocenters. The Bertz CT molecular complexity index is 1280. The van der Waals surface area contributed by atoms with E-state index in [1.807, 2.05) is 53.9 Å². The van der Waals surface area contributed by atoms with E-state index >= 15 is 0 Å². The third-order valence-corrected chi connectivity index (χ3v) is 7.40. The van der Waals surface area contributed by atoms with Crippen molar-refractivity contribution in [3.05, 3.63) is 76.0 Å². The summed E-state index contributed by atoms with van der Waals surface area (Å²) < 4.78 is 6.21. The molecule has 1 aliphatic heterocycles. The molecule has 2 atom stereocenters. The molecule has 0 saturated carbocycles. The zero-order valence-electron chi connectivity index (χ0n) is 16.9. The van der Waals surface area contributed by atoms with Crippen LogP contribution < -0.4 is 10.1 Å². The van der Waals surface area contributed by atoms with Gasteiger partial charge < -0.3 is 15.0 Å². The summed E-state index contributed by atoms with van der Waals surface area (Å²) in [5.74, 6) is -0.0615. The third kappa shape index (κ3) is 3.37. The van der Waals surface area contributed by atoms with E-state index in [4.69, 9.17) is 4.74 Å². The Kier molecular flexibility index (Phi) is 4.95. The summed E-state index contributed by atoms with van der Waals surface area (Å²) in [7, 11) is 3.38. The molecule has 0 bridgehead atoms. The van der Waals surface area contributed by atoms with Crippen molar-refractivity contribution in [2.75, 3.05) is 19.5 Å². The van der Waals surface area contributed by atoms with Gasteiger partial charge in [0.1, 0.15) is 5.75 Å². The number of likely N-dealkylation sites (N-methyl/N-ethyl adjacent to an activating group) is 1. The average molecular weight is 450 g/mol. The molecule has 1 N–H and O–H groups in total. The van der Waals surface area contributed by atoms with E-state index in [1.165, 1.54) is 11.3 Å². The standard InChI is InChI=1S/C23H19N3O3S2/c1-26-20(17-8-5-11-30-17)19(14-6-3-4-7-15(14)22(26)28)21(27)25-23-24-16-10-9-13(29-2)12-18(16)31-23/h3-12,19-20H,1-2H3,(H,24,25,27)/t19-,20+/m1/s1. The number of carbonyl (C=O) groups excluding carboxylic acids is 2. The van der Waals surface area contributed by atoms with Crippen LogP contribution in [0.1, 0.15) is 32.8 Å². The van der Waals surface area contributed by atoms with Gasteiger partial charge in [0.15, 0.2) is 5.13 Å². The molecule has 0 fully saturated rings. The van der Waals surface area contributed by atoms with E-state index in [2.05, 4.69) is 10.3 Å². The smallest absolute Gasteiger partial charge is 0.254 e. The third-order valence-electron chi connectivity index (χ3n) is 5.52. The first-order valence-electron chi connectivity index (χ1n) is 9.72. The number of amides is 2. The van der Waals surface area contributed by atoms with Crippen molar-refractivity contribution in [1.82, 2.24) is 9.88 Å². The first kappa shape index (κ1) is 19.7. The first-order chi connectivity index (χ1) is 15.1. The van der Waals surface area contributed by atoms with Crippen LogP contribution in [-0.4, -0.2) is 35.9 Å². The number of ether oxygens (including phenoxy) is 1. The lowest BCUT2D eigenvalue weighted by atomic mass is 9.82. The largest absolute Gasteiger partial charge is 0.497 e. The number of hydrogen-bond donors (Lipinski definition) is 1. The van der Waals surface area contributed by atoms with Crippen LogP contribution in [-0.2, 0) is 4.79 Å². The van der Waals surface area contributed by atoms with Crippen LogP contribution >= 0.6 is 22.7 Å². The second-order valence-electron chi connectivity index (χ2n) is 7.28. The molecule has 8 heteroatoms. The molecule has 2 aromatic carbocycles. The SMILES string of the molecule is COc1ccc2nc(NC(=O)[C@@H]3c4ccccc4C(=O)N(C)[C@H]3c3cccs3)sc2c1. The molecule has 5 rings (SSSR count). The van der Waals surface area contributed by atoms with E-state index in [1.54, 1.807) is 36.5 Å². The number of hydrogen-bond acceptors (Lipinski definition) is 6. The van der Waals surface area contributed by atoms with Gasteiger partial charge in [0, 0.05) is 17.5 Å². The van der Waals surface area contributed by atoms with Crippen molar-refractivity contribution in [2.24, 2.45) is 0 Å². The van der Waals surface area contributed by atoms with Gasteiger partial charge in [0.05, 0.1) is 29.3 Å². The van der Waals surface area contributed by atoms with Crippen molar-refractivity contribution >= 4 is 49.8 Å². The molecular weight excluding hydrogens is 430 g/mol. The van der Waals surface area contributed by atoms with Gasteiger partial charge in [0.2, 0.25) is 5.91 Å². The van der Waals surface area contributed by atoms with Crippen LogP contribution in [0.3, 0.4) is 0 Å². The zero-order chi connectivity index (χ0) is 21.5. The molecule has 31 heavy (non-hydrogen) atoms. The lowest BCUT2D eigenvalue weighted by molar-refractivity contribution is -0.119. The number of methoxy groups -OCH3 is 1. The Labute approximate surface area is 187 Å². The average Bonchev–Trinajstić information content (AvgIpc) is 3.44. The van der Waals surface area contributed by atoms with Gasteiger partial charge in [0.25, 0.3) is 5.91 Å². The molecule has 2 amide bonds. The van der Waals surface area contributed by atoms with Crippen molar-refractivity contribution in [3.8, 4) is 5.75 Å². The second-order valence-corrected chi connectivity index (χ2v) is 9.29. The van der Waals surface area contributed by atoms with Crippen molar-refractivity contribution in [1.29, 1.82) is 0 Å². The van der Waals surface area contributed by atoms with Gasteiger partial charge in [-0.15, -0.1) is 11.3 Å². The monoisotopic (exact) mass is 449 g/mol. The molecule has 0 saturated heterocycles. The Morgan fingerprint density at radius 2 is 2.00 bits per heavy atom. The minimum atomic E-state index is -0.543. The Balaban J connectivity index is 1.55. The van der Waals surface area contributed by atoms with Gasteiger partial charge in [-0.2, -0.15) is 0 Å². The Morgan fingerprint density at radius 3 is 2.77 bits per heavy atom. The number of anilines is 1. The highest BCUT2D eigenvalue weighted by molar-refractivity contribution is 7.22. The summed E-state index contributed by atoms with van der Waals surface area (Å²) in [5, 5.41) is 5.49. The molecule has 1 aliphatic rings. The maximum atomic E-state index is 13.6. The highest BCUT2D eigenvalue weighted by Crippen LogP contribution is 2.44. The maximum Gasteiger partial charge on any atom is 0.254 e. The predicted molar refractivity (Wildman–Crippen MR) is 123 cm³/mol. The van der Waals surface area contributed by atoms with Crippen LogP contribution in [0.15, 0.2) is 60.0 Å². The van der Waals surface area contributed by atoms with Gasteiger partial charge in [-0.3, -0.25) is 9.59 Å². The Hall–Kier alpha value is -3.23. The second kappa shape index (κ2) is 7.79. The number of nitrogens with one attached hydrogen (secondary N) is 1. The molecule has 2 aromatic heterocycles. The summed E-state index contributed by atoms with van der Waals surface area (Å²) in [6.07, 6.45) is 0. The van der Waals surface area contributed by atoms with Crippen LogP contribution in [0.5, 0.6) is 5.75 Å². The lowest BCUT2D eigenvalue weighted by Gasteiger charge is -2.38. The van der Waals surface area contributed by atoms with Crippen LogP contribution in [0, 0.1) is 0 Å². The number of thiazole rings is 1. The fraction of sp³-hybridized carbons (Fsp3) is 0.174. The van der Waals surface area contributed by atoms with Gasteiger partial charge in [-0.05, 0) is 41.3 Å². The summed E-state index contributed by atoms with van der Waals surface area (Å²) in [4.78, 5) is 33.8. The van der Waals surface area contributed by atoms with Crippen molar-refractivity contribution in [2.45, 2.75) is 12.0 Å². The van der Waals surface area contributed by atoms with E-state index < -0.39 is 5.92 Å². The normalized spacial score (nSPS) is 18.1. The first-order valence-corrected chi connectivity index (χ1v) is 11.4. The van der Waals surface area contributed by atoms with E-state index in [9.17, 15) is 9.59 Å². The number of benzene rings is 2. The molecular formula is C23H19N3O3S2. The minimum Gasteiger partial charge on any atom is -0.497 e. The van der Waals surface area contributed by atoms with E-state index in [0.717, 1.165) is 26.4 Å². The quantitative estimate of drug-likeness (QED) is 0.480. The number of rotatable bonds is 4. The number of aromatic nitrogens is 1. The minimum absolute atomic E-state index is 0.0786. The molecule has 0 radical (unpaired) electrons. The molecule has 6 nitrogen and oxygen atoms in total. The number of nitrogens with zero attached hydrogens (tertiary/aromatic N) is 2. The number of thiophene rings is 1. The summed E-state index contributed by atoms with van der Waals surface area (Å²) in [6.45, 7) is 0. The fourth-order valence-electron chi connectivity index (χ4n) is 4.04. The Morgan fingerprint density at radius 1 is 1.16 bits per heavy atom. The number of carbonyl (C=O) groups is 2. The van der Waals surface area contributed by atoms with E-state index in [-0.39, 0.29) is 17.9 Å². The summed E-state index contributed by atoms with van der Waals surface area (Å²) in [6, 6.07) is 16.5. The van der Waals surface area contributed by atoms with Crippen LogP contribution in [0.4, 0.5) is 5.13 Å². The molecule has 156 valence electrons. The van der Waals surface area contributed by atoms with Gasteiger partial charge in [-0.1, -0.05) is 35.6 Å². The fourth-order valence-corrected chi connectivity index (χ4v) is 5.84. The number of fused-ring (bicyclic) bond motifs is 2. The molecule has 3 heterocycles.